The van der Waals surface area contributed by atoms with Crippen LogP contribution in [0.3, 0.4) is 0 Å². The molecule has 0 aliphatic rings. The van der Waals surface area contributed by atoms with E-state index in [1.54, 1.807) is 7.11 Å². The highest BCUT2D eigenvalue weighted by Gasteiger charge is 2.17. The Hall–Kier alpha value is -2.04. The van der Waals surface area contributed by atoms with Crippen LogP contribution in [-0.2, 0) is 4.79 Å². The van der Waals surface area contributed by atoms with E-state index >= 15 is 0 Å². The van der Waals surface area contributed by atoms with Crippen molar-refractivity contribution in [2.75, 3.05) is 12.4 Å². The fourth-order valence-corrected chi connectivity index (χ4v) is 2.51. The van der Waals surface area contributed by atoms with Gasteiger partial charge >= 0.3 is 0 Å². The van der Waals surface area contributed by atoms with Gasteiger partial charge in [-0.1, -0.05) is 35.9 Å². The van der Waals surface area contributed by atoms with E-state index < -0.39 is 0 Å². The smallest absolute Gasteiger partial charge is 0.241 e. The van der Waals surface area contributed by atoms with Gasteiger partial charge in [0.05, 0.1) is 18.8 Å². The van der Waals surface area contributed by atoms with Crippen LogP contribution in [0.5, 0.6) is 5.75 Å². The summed E-state index contributed by atoms with van der Waals surface area (Å²) in [5, 5.41) is 6.83. The highest BCUT2D eigenvalue weighted by Crippen LogP contribution is 2.23. The number of carbonyl (C=O) groups is 1. The quantitative estimate of drug-likeness (QED) is 0.839. The lowest BCUT2D eigenvalue weighted by Crippen LogP contribution is -2.39. The van der Waals surface area contributed by atoms with Crippen molar-refractivity contribution in [3.63, 3.8) is 0 Å². The van der Waals surface area contributed by atoms with Gasteiger partial charge in [-0.15, -0.1) is 0 Å². The zero-order chi connectivity index (χ0) is 16.8. The van der Waals surface area contributed by atoms with Crippen molar-refractivity contribution in [2.45, 2.75) is 25.9 Å². The molecular formula is C18H21ClN2O2. The Morgan fingerprint density at radius 3 is 2.57 bits per heavy atom. The lowest BCUT2D eigenvalue weighted by molar-refractivity contribution is -0.117. The Morgan fingerprint density at radius 1 is 1.13 bits per heavy atom. The number of halogens is 1. The van der Waals surface area contributed by atoms with E-state index in [2.05, 4.69) is 10.6 Å². The number of ether oxygens (including phenoxy) is 1. The summed E-state index contributed by atoms with van der Waals surface area (Å²) in [5.74, 6) is 0.513. The molecule has 2 atom stereocenters. The Kier molecular flexibility index (Phi) is 6.02. The average Bonchev–Trinajstić information content (AvgIpc) is 2.55. The summed E-state index contributed by atoms with van der Waals surface area (Å²) in [4.78, 5) is 12.4. The van der Waals surface area contributed by atoms with Gasteiger partial charge in [0, 0.05) is 11.1 Å². The van der Waals surface area contributed by atoms with Crippen molar-refractivity contribution < 1.29 is 9.53 Å². The molecule has 0 spiro atoms. The third-order valence-corrected chi connectivity index (χ3v) is 3.84. The van der Waals surface area contributed by atoms with Crippen LogP contribution in [0.15, 0.2) is 48.5 Å². The Bertz CT molecular complexity index is 676. The topological polar surface area (TPSA) is 50.4 Å². The molecule has 5 heteroatoms. The Labute approximate surface area is 141 Å². The molecule has 122 valence electrons. The number of hydrogen-bond donors (Lipinski definition) is 2. The molecule has 0 aliphatic heterocycles. The van der Waals surface area contributed by atoms with E-state index in [1.165, 1.54) is 0 Å². The highest BCUT2D eigenvalue weighted by atomic mass is 35.5. The predicted molar refractivity (Wildman–Crippen MR) is 94.1 cm³/mol. The van der Waals surface area contributed by atoms with Crippen molar-refractivity contribution >= 4 is 23.2 Å². The molecule has 2 rings (SSSR count). The summed E-state index contributed by atoms with van der Waals surface area (Å²) in [6.07, 6.45) is 0. The molecule has 0 radical (unpaired) electrons. The van der Waals surface area contributed by atoms with Crippen molar-refractivity contribution in [3.05, 3.63) is 59.1 Å². The fraction of sp³-hybridized carbons (Fsp3) is 0.278. The van der Waals surface area contributed by atoms with Gasteiger partial charge in [-0.05, 0) is 43.7 Å². The summed E-state index contributed by atoms with van der Waals surface area (Å²) in [5.41, 5.74) is 1.69. The van der Waals surface area contributed by atoms with Crippen LogP contribution in [0.4, 0.5) is 5.69 Å². The molecule has 2 aromatic rings. The van der Waals surface area contributed by atoms with E-state index in [1.807, 2.05) is 62.4 Å². The van der Waals surface area contributed by atoms with Crippen LogP contribution < -0.4 is 15.4 Å². The first-order valence-corrected chi connectivity index (χ1v) is 7.84. The SMILES string of the molecule is COc1ccccc1NC(=O)[C@@H](C)N[C@H](C)c1cccc(Cl)c1. The van der Waals surface area contributed by atoms with E-state index in [0.29, 0.717) is 16.5 Å². The maximum atomic E-state index is 12.4. The summed E-state index contributed by atoms with van der Waals surface area (Å²) in [7, 11) is 1.58. The molecule has 0 heterocycles. The van der Waals surface area contributed by atoms with E-state index in [0.717, 1.165) is 5.56 Å². The molecule has 4 nitrogen and oxygen atoms in total. The van der Waals surface area contributed by atoms with Crippen LogP contribution >= 0.6 is 11.6 Å². The summed E-state index contributed by atoms with van der Waals surface area (Å²) in [6.45, 7) is 3.82. The molecule has 0 fully saturated rings. The minimum Gasteiger partial charge on any atom is -0.495 e. The number of rotatable bonds is 6. The Morgan fingerprint density at radius 2 is 1.87 bits per heavy atom. The number of carbonyl (C=O) groups excluding carboxylic acids is 1. The van der Waals surface area contributed by atoms with Crippen molar-refractivity contribution in [1.82, 2.24) is 5.32 Å². The molecule has 0 bridgehead atoms. The van der Waals surface area contributed by atoms with Gasteiger partial charge in [-0.3, -0.25) is 10.1 Å². The number of benzene rings is 2. The molecule has 0 unspecified atom stereocenters. The second kappa shape index (κ2) is 7.99. The minimum absolute atomic E-state index is 0.00659. The summed E-state index contributed by atoms with van der Waals surface area (Å²) < 4.78 is 5.24. The molecule has 0 saturated carbocycles. The zero-order valence-electron chi connectivity index (χ0n) is 13.5. The molecule has 2 N–H and O–H groups in total. The van der Waals surface area contributed by atoms with Gasteiger partial charge in [-0.2, -0.15) is 0 Å². The highest BCUT2D eigenvalue weighted by molar-refractivity contribution is 6.30. The number of nitrogens with one attached hydrogen (secondary N) is 2. The van der Waals surface area contributed by atoms with Crippen LogP contribution in [0, 0.1) is 0 Å². The molecule has 23 heavy (non-hydrogen) atoms. The van der Waals surface area contributed by atoms with Gasteiger partial charge in [0.25, 0.3) is 0 Å². The second-order valence-electron chi connectivity index (χ2n) is 5.35. The normalized spacial score (nSPS) is 13.2. The molecule has 2 aromatic carbocycles. The largest absolute Gasteiger partial charge is 0.495 e. The molecule has 1 amide bonds. The van der Waals surface area contributed by atoms with Crippen molar-refractivity contribution in [1.29, 1.82) is 0 Å². The lowest BCUT2D eigenvalue weighted by Gasteiger charge is -2.20. The number of hydrogen-bond acceptors (Lipinski definition) is 3. The Balaban J connectivity index is 1.99. The number of para-hydroxylation sites is 2. The van der Waals surface area contributed by atoms with Crippen LogP contribution in [0.2, 0.25) is 5.02 Å². The van der Waals surface area contributed by atoms with Crippen molar-refractivity contribution in [3.8, 4) is 5.75 Å². The van der Waals surface area contributed by atoms with Gasteiger partial charge in [-0.25, -0.2) is 0 Å². The van der Waals surface area contributed by atoms with Crippen molar-refractivity contribution in [2.24, 2.45) is 0 Å². The third kappa shape index (κ3) is 4.71. The zero-order valence-corrected chi connectivity index (χ0v) is 14.2. The van der Waals surface area contributed by atoms with Crippen LogP contribution in [0.25, 0.3) is 0 Å². The number of anilines is 1. The predicted octanol–water partition coefficient (Wildman–Crippen LogP) is 4.03. The van der Waals surface area contributed by atoms with Gasteiger partial charge in [0.1, 0.15) is 5.75 Å². The molecule has 0 aromatic heterocycles. The third-order valence-electron chi connectivity index (χ3n) is 3.61. The maximum absolute atomic E-state index is 12.4. The van der Waals surface area contributed by atoms with Crippen LogP contribution in [-0.4, -0.2) is 19.1 Å². The van der Waals surface area contributed by atoms with Gasteiger partial charge in [0.15, 0.2) is 0 Å². The first-order valence-electron chi connectivity index (χ1n) is 7.46. The average molecular weight is 333 g/mol. The standard InChI is InChI=1S/C18H21ClN2O2/c1-12(14-7-6-8-15(19)11-14)20-13(2)18(22)21-16-9-4-5-10-17(16)23-3/h4-13,20H,1-3H3,(H,21,22)/t12-,13-/m1/s1. The number of amides is 1. The number of methoxy groups -OCH3 is 1. The molecular weight excluding hydrogens is 312 g/mol. The first kappa shape index (κ1) is 17.3. The molecule has 0 aliphatic carbocycles. The van der Waals surface area contributed by atoms with E-state index in [9.17, 15) is 4.79 Å². The van der Waals surface area contributed by atoms with Gasteiger partial charge < -0.3 is 10.1 Å². The van der Waals surface area contributed by atoms with E-state index in [-0.39, 0.29) is 18.0 Å². The van der Waals surface area contributed by atoms with Gasteiger partial charge in [0.2, 0.25) is 5.91 Å². The summed E-state index contributed by atoms with van der Waals surface area (Å²) >= 11 is 6.01. The van der Waals surface area contributed by atoms with E-state index in [4.69, 9.17) is 16.3 Å². The van der Waals surface area contributed by atoms with Crippen LogP contribution in [0.1, 0.15) is 25.5 Å². The minimum atomic E-state index is -0.367. The lowest BCUT2D eigenvalue weighted by atomic mass is 10.1. The fourth-order valence-electron chi connectivity index (χ4n) is 2.31. The first-order chi connectivity index (χ1) is 11.0. The second-order valence-corrected chi connectivity index (χ2v) is 5.79. The molecule has 0 saturated heterocycles. The monoisotopic (exact) mass is 332 g/mol. The maximum Gasteiger partial charge on any atom is 0.241 e. The summed E-state index contributed by atoms with van der Waals surface area (Å²) in [6, 6.07) is 14.6.